The van der Waals surface area contributed by atoms with Crippen LogP contribution >= 0.6 is 11.3 Å². The molecular formula is C16H22N4O3S. The maximum Gasteiger partial charge on any atom is 0.262 e. The Labute approximate surface area is 144 Å². The molecule has 0 spiro atoms. The molecule has 0 unspecified atom stereocenters. The van der Waals surface area contributed by atoms with Crippen LogP contribution in [0.2, 0.25) is 0 Å². The van der Waals surface area contributed by atoms with E-state index in [0.29, 0.717) is 27.2 Å². The van der Waals surface area contributed by atoms with Crippen LogP contribution in [0.1, 0.15) is 42.4 Å². The highest BCUT2D eigenvalue weighted by Crippen LogP contribution is 2.26. The normalized spacial score (nSPS) is 11.0. The van der Waals surface area contributed by atoms with E-state index in [-0.39, 0.29) is 30.0 Å². The number of amides is 2. The molecule has 0 bridgehead atoms. The molecule has 0 radical (unpaired) electrons. The topological polar surface area (TPSA) is 93.1 Å². The predicted molar refractivity (Wildman–Crippen MR) is 94.5 cm³/mol. The number of hydrogen-bond acceptors (Lipinski definition) is 5. The van der Waals surface area contributed by atoms with Crippen LogP contribution in [0.15, 0.2) is 11.1 Å². The van der Waals surface area contributed by atoms with Crippen LogP contribution < -0.4 is 16.2 Å². The molecule has 2 rings (SSSR count). The second kappa shape index (κ2) is 7.57. The predicted octanol–water partition coefficient (Wildman–Crippen LogP) is 1.43. The van der Waals surface area contributed by atoms with Crippen molar-refractivity contribution < 1.29 is 9.59 Å². The van der Waals surface area contributed by atoms with E-state index in [9.17, 15) is 14.4 Å². The molecule has 24 heavy (non-hydrogen) atoms. The molecule has 2 aromatic rings. The molecule has 2 heterocycles. The third kappa shape index (κ3) is 3.81. The van der Waals surface area contributed by atoms with Crippen molar-refractivity contribution in [3.8, 4) is 0 Å². The van der Waals surface area contributed by atoms with Crippen LogP contribution in [0.5, 0.6) is 0 Å². The summed E-state index contributed by atoms with van der Waals surface area (Å²) in [4.78, 5) is 41.9. The molecule has 0 fully saturated rings. The molecule has 0 atom stereocenters. The number of aromatic nitrogens is 2. The van der Waals surface area contributed by atoms with E-state index in [1.807, 2.05) is 20.8 Å². The summed E-state index contributed by atoms with van der Waals surface area (Å²) in [7, 11) is 0. The van der Waals surface area contributed by atoms with Crippen LogP contribution in [-0.4, -0.2) is 34.0 Å². The lowest BCUT2D eigenvalue weighted by Crippen LogP contribution is -2.33. The third-order valence-corrected chi connectivity index (χ3v) is 4.63. The average molecular weight is 350 g/mol. The summed E-state index contributed by atoms with van der Waals surface area (Å²) in [5, 5.41) is 5.95. The smallest absolute Gasteiger partial charge is 0.262 e. The summed E-state index contributed by atoms with van der Waals surface area (Å²) in [5.41, 5.74) is 0.304. The highest BCUT2D eigenvalue weighted by Gasteiger charge is 2.20. The highest BCUT2D eigenvalue weighted by atomic mass is 32.1. The SMILES string of the molecule is CCCNC(=O)Cn1cnc2sc(C(=O)NC(C)C)c(C)c2c1=O. The molecule has 2 N–H and O–H groups in total. The monoisotopic (exact) mass is 350 g/mol. The maximum absolute atomic E-state index is 12.6. The second-order valence-electron chi connectivity index (χ2n) is 5.89. The number of thiophene rings is 1. The van der Waals surface area contributed by atoms with Crippen molar-refractivity contribution in [1.82, 2.24) is 20.2 Å². The Hall–Kier alpha value is -2.22. The van der Waals surface area contributed by atoms with Gasteiger partial charge in [-0.05, 0) is 32.8 Å². The van der Waals surface area contributed by atoms with Crippen LogP contribution in [0.4, 0.5) is 0 Å². The zero-order valence-electron chi connectivity index (χ0n) is 14.3. The summed E-state index contributed by atoms with van der Waals surface area (Å²) in [6.07, 6.45) is 2.19. The Morgan fingerprint density at radius 1 is 1.38 bits per heavy atom. The molecule has 2 amide bonds. The molecule has 0 aliphatic heterocycles. The molecule has 7 nitrogen and oxygen atoms in total. The molecule has 0 aliphatic carbocycles. The zero-order chi connectivity index (χ0) is 17.9. The van der Waals surface area contributed by atoms with Crippen molar-refractivity contribution in [2.24, 2.45) is 0 Å². The Bertz CT molecular complexity index is 823. The molecule has 0 aliphatic rings. The van der Waals surface area contributed by atoms with Crippen molar-refractivity contribution >= 4 is 33.4 Å². The summed E-state index contributed by atoms with van der Waals surface area (Å²) < 4.78 is 1.27. The van der Waals surface area contributed by atoms with Gasteiger partial charge in [-0.15, -0.1) is 11.3 Å². The van der Waals surface area contributed by atoms with E-state index in [1.165, 1.54) is 22.2 Å². The van der Waals surface area contributed by atoms with Gasteiger partial charge in [0.05, 0.1) is 16.6 Å². The highest BCUT2D eigenvalue weighted by molar-refractivity contribution is 7.20. The molecular weight excluding hydrogens is 328 g/mol. The van der Waals surface area contributed by atoms with Crippen LogP contribution in [0, 0.1) is 6.92 Å². The number of hydrogen-bond donors (Lipinski definition) is 2. The van der Waals surface area contributed by atoms with E-state index in [2.05, 4.69) is 15.6 Å². The van der Waals surface area contributed by atoms with Gasteiger partial charge < -0.3 is 10.6 Å². The van der Waals surface area contributed by atoms with Gasteiger partial charge in [-0.25, -0.2) is 4.98 Å². The molecule has 8 heteroatoms. The van der Waals surface area contributed by atoms with E-state index in [4.69, 9.17) is 0 Å². The summed E-state index contributed by atoms with van der Waals surface area (Å²) in [6.45, 7) is 7.93. The summed E-state index contributed by atoms with van der Waals surface area (Å²) in [5.74, 6) is -0.442. The third-order valence-electron chi connectivity index (χ3n) is 3.43. The van der Waals surface area contributed by atoms with Crippen molar-refractivity contribution in [3.63, 3.8) is 0 Å². The minimum absolute atomic E-state index is 0.00832. The van der Waals surface area contributed by atoms with E-state index >= 15 is 0 Å². The maximum atomic E-state index is 12.6. The van der Waals surface area contributed by atoms with Gasteiger partial charge in [0.1, 0.15) is 11.4 Å². The molecule has 0 saturated heterocycles. The Morgan fingerprint density at radius 3 is 2.71 bits per heavy atom. The fraction of sp³-hybridized carbons (Fsp3) is 0.500. The summed E-state index contributed by atoms with van der Waals surface area (Å²) in [6, 6.07) is 0.00832. The standard InChI is InChI=1S/C16H22N4O3S/c1-5-6-17-11(21)7-20-8-18-15-12(16(20)23)10(4)13(24-15)14(22)19-9(2)3/h8-9H,5-7H2,1-4H3,(H,17,21)(H,19,22). The lowest BCUT2D eigenvalue weighted by Gasteiger charge is -2.07. The fourth-order valence-corrected chi connectivity index (χ4v) is 3.33. The van der Waals surface area contributed by atoms with Crippen LogP contribution in [0.3, 0.4) is 0 Å². The number of nitrogens with zero attached hydrogens (tertiary/aromatic N) is 2. The van der Waals surface area contributed by atoms with Crippen molar-refractivity contribution in [1.29, 1.82) is 0 Å². The Morgan fingerprint density at radius 2 is 2.08 bits per heavy atom. The second-order valence-corrected chi connectivity index (χ2v) is 6.89. The summed E-state index contributed by atoms with van der Waals surface area (Å²) >= 11 is 1.19. The van der Waals surface area contributed by atoms with Crippen molar-refractivity contribution in [3.05, 3.63) is 27.1 Å². The lowest BCUT2D eigenvalue weighted by atomic mass is 10.2. The largest absolute Gasteiger partial charge is 0.355 e. The first-order valence-electron chi connectivity index (χ1n) is 7.91. The van der Waals surface area contributed by atoms with Crippen LogP contribution in [0.25, 0.3) is 10.2 Å². The van der Waals surface area contributed by atoms with Gasteiger partial charge in [-0.3, -0.25) is 19.0 Å². The number of rotatable bonds is 6. The number of carbonyl (C=O) groups is 2. The molecule has 0 aromatic carbocycles. The number of carbonyl (C=O) groups excluding carboxylic acids is 2. The van der Waals surface area contributed by atoms with E-state index in [0.717, 1.165) is 6.42 Å². The van der Waals surface area contributed by atoms with Gasteiger partial charge in [-0.2, -0.15) is 0 Å². The van der Waals surface area contributed by atoms with Crippen molar-refractivity contribution in [2.75, 3.05) is 6.54 Å². The van der Waals surface area contributed by atoms with Crippen LogP contribution in [-0.2, 0) is 11.3 Å². The number of nitrogens with one attached hydrogen (secondary N) is 2. The lowest BCUT2D eigenvalue weighted by molar-refractivity contribution is -0.121. The quantitative estimate of drug-likeness (QED) is 0.824. The number of fused-ring (bicyclic) bond motifs is 1. The first-order valence-corrected chi connectivity index (χ1v) is 8.72. The van der Waals surface area contributed by atoms with Gasteiger partial charge >= 0.3 is 0 Å². The fourth-order valence-electron chi connectivity index (χ4n) is 2.29. The minimum atomic E-state index is -0.302. The zero-order valence-corrected chi connectivity index (χ0v) is 15.1. The first kappa shape index (κ1) is 18.1. The van der Waals surface area contributed by atoms with E-state index < -0.39 is 0 Å². The molecule has 2 aromatic heterocycles. The Kier molecular flexibility index (Phi) is 5.71. The van der Waals surface area contributed by atoms with Gasteiger partial charge in [0.15, 0.2) is 0 Å². The van der Waals surface area contributed by atoms with Gasteiger partial charge in [0.2, 0.25) is 5.91 Å². The van der Waals surface area contributed by atoms with Gasteiger partial charge in [0, 0.05) is 12.6 Å². The average Bonchev–Trinajstić information content (AvgIpc) is 2.85. The first-order chi connectivity index (χ1) is 11.3. The van der Waals surface area contributed by atoms with Crippen molar-refractivity contribution in [2.45, 2.75) is 46.7 Å². The minimum Gasteiger partial charge on any atom is -0.355 e. The van der Waals surface area contributed by atoms with Gasteiger partial charge in [0.25, 0.3) is 11.5 Å². The Balaban J connectivity index is 2.38. The van der Waals surface area contributed by atoms with Gasteiger partial charge in [-0.1, -0.05) is 6.92 Å². The molecule has 0 saturated carbocycles. The van der Waals surface area contributed by atoms with E-state index in [1.54, 1.807) is 6.92 Å². The molecule has 130 valence electrons. The number of aryl methyl sites for hydroxylation is 1.